The van der Waals surface area contributed by atoms with Crippen LogP contribution in [0.15, 0.2) is 32.7 Å². The number of hydrogen-bond donors (Lipinski definition) is 2. The molecule has 0 radical (unpaired) electrons. The number of anilines is 1. The first-order valence-electron chi connectivity index (χ1n) is 7.53. The second-order valence-electron chi connectivity index (χ2n) is 6.21. The number of H-pyrrole nitrogens is 1. The third-order valence-electron chi connectivity index (χ3n) is 3.85. The van der Waals surface area contributed by atoms with Gasteiger partial charge in [-0.05, 0) is 24.1 Å². The first-order valence-corrected chi connectivity index (χ1v) is 9.33. The fraction of sp³-hybridized carbons (Fsp3) is 0.312. The summed E-state index contributed by atoms with van der Waals surface area (Å²) in [5.74, 6) is 1.89. The Morgan fingerprint density at radius 3 is 3.17 bits per heavy atom. The van der Waals surface area contributed by atoms with E-state index in [0.717, 1.165) is 28.0 Å². The van der Waals surface area contributed by atoms with Crippen LogP contribution in [0.25, 0.3) is 10.2 Å². The van der Waals surface area contributed by atoms with Crippen LogP contribution in [0.1, 0.15) is 30.0 Å². The SMILES string of the molecule is CC1(C)Cc2c(sc3nc(N/N=C/c4ccco4)[nH]c(=O)c23)CS1. The summed E-state index contributed by atoms with van der Waals surface area (Å²) in [5, 5.41) is 4.76. The van der Waals surface area contributed by atoms with Crippen LogP contribution in [0.3, 0.4) is 0 Å². The van der Waals surface area contributed by atoms with Crippen molar-refractivity contribution in [2.45, 2.75) is 30.8 Å². The molecule has 0 spiro atoms. The molecule has 6 nitrogen and oxygen atoms in total. The van der Waals surface area contributed by atoms with Gasteiger partial charge in [0.15, 0.2) is 0 Å². The molecule has 1 aliphatic heterocycles. The van der Waals surface area contributed by atoms with Crippen molar-refractivity contribution >= 4 is 45.5 Å². The lowest BCUT2D eigenvalue weighted by atomic mass is 10.00. The van der Waals surface area contributed by atoms with Crippen molar-refractivity contribution in [3.8, 4) is 0 Å². The van der Waals surface area contributed by atoms with E-state index in [0.29, 0.717) is 11.7 Å². The number of thiophene rings is 1. The summed E-state index contributed by atoms with van der Waals surface area (Å²) in [5.41, 5.74) is 3.79. The smallest absolute Gasteiger partial charge is 0.261 e. The lowest BCUT2D eigenvalue weighted by molar-refractivity contribution is 0.560. The maximum atomic E-state index is 12.5. The zero-order valence-electron chi connectivity index (χ0n) is 13.3. The Hall–Kier alpha value is -2.06. The van der Waals surface area contributed by atoms with Crippen LogP contribution in [0.4, 0.5) is 5.95 Å². The molecule has 124 valence electrons. The number of aromatic amines is 1. The number of hydrogen-bond acceptors (Lipinski definition) is 7. The predicted molar refractivity (Wildman–Crippen MR) is 99.2 cm³/mol. The molecule has 0 bridgehead atoms. The van der Waals surface area contributed by atoms with E-state index >= 15 is 0 Å². The number of hydrazone groups is 1. The highest BCUT2D eigenvalue weighted by atomic mass is 32.2. The number of aromatic nitrogens is 2. The number of nitrogens with one attached hydrogen (secondary N) is 2. The van der Waals surface area contributed by atoms with Crippen LogP contribution in [0.5, 0.6) is 0 Å². The molecular formula is C16H16N4O2S2. The van der Waals surface area contributed by atoms with E-state index in [9.17, 15) is 4.79 Å². The van der Waals surface area contributed by atoms with Gasteiger partial charge in [0, 0.05) is 15.4 Å². The molecule has 4 rings (SSSR count). The highest BCUT2D eigenvalue weighted by Crippen LogP contribution is 2.43. The van der Waals surface area contributed by atoms with Gasteiger partial charge in [-0.25, -0.2) is 10.4 Å². The van der Waals surface area contributed by atoms with Crippen molar-refractivity contribution in [3.63, 3.8) is 0 Å². The Labute approximate surface area is 146 Å². The van der Waals surface area contributed by atoms with Crippen LogP contribution >= 0.6 is 23.1 Å². The van der Waals surface area contributed by atoms with E-state index < -0.39 is 0 Å². The van der Waals surface area contributed by atoms with Gasteiger partial charge in [0.05, 0.1) is 17.9 Å². The maximum absolute atomic E-state index is 12.5. The molecule has 24 heavy (non-hydrogen) atoms. The van der Waals surface area contributed by atoms with Crippen molar-refractivity contribution < 1.29 is 4.42 Å². The van der Waals surface area contributed by atoms with Crippen LogP contribution in [-0.4, -0.2) is 20.9 Å². The van der Waals surface area contributed by atoms with Crippen molar-refractivity contribution in [3.05, 3.63) is 45.0 Å². The van der Waals surface area contributed by atoms with E-state index in [1.165, 1.54) is 11.1 Å². The lowest BCUT2D eigenvalue weighted by Crippen LogP contribution is -2.23. The summed E-state index contributed by atoms with van der Waals surface area (Å²) in [6.45, 7) is 4.43. The molecule has 0 unspecified atom stereocenters. The van der Waals surface area contributed by atoms with Crippen LogP contribution < -0.4 is 11.0 Å². The van der Waals surface area contributed by atoms with Gasteiger partial charge < -0.3 is 4.42 Å². The molecule has 4 heterocycles. The molecule has 0 aliphatic carbocycles. The Balaban J connectivity index is 1.67. The monoisotopic (exact) mass is 360 g/mol. The van der Waals surface area contributed by atoms with Gasteiger partial charge in [0.1, 0.15) is 10.6 Å². The Bertz CT molecular complexity index is 970. The average Bonchev–Trinajstić information content (AvgIpc) is 3.13. The third-order valence-corrected chi connectivity index (χ3v) is 6.51. The first-order chi connectivity index (χ1) is 11.5. The standard InChI is InChI=1S/C16H16N4O2S2/c1-16(2)6-10-11(8-23-16)24-14-12(10)13(21)18-15(19-14)20-17-7-9-4-3-5-22-9/h3-5,7H,6,8H2,1-2H3,(H2,18,19,20,21)/b17-7+. The Kier molecular flexibility index (Phi) is 3.73. The second-order valence-corrected chi connectivity index (χ2v) is 8.98. The Morgan fingerprint density at radius 2 is 2.38 bits per heavy atom. The molecular weight excluding hydrogens is 344 g/mol. The topological polar surface area (TPSA) is 83.3 Å². The number of thioether (sulfide) groups is 1. The van der Waals surface area contributed by atoms with Gasteiger partial charge in [0.25, 0.3) is 5.56 Å². The molecule has 2 N–H and O–H groups in total. The number of furan rings is 1. The van der Waals surface area contributed by atoms with E-state index in [1.54, 1.807) is 29.7 Å². The molecule has 3 aromatic heterocycles. The minimum absolute atomic E-state index is 0.115. The van der Waals surface area contributed by atoms with Gasteiger partial charge in [-0.15, -0.1) is 23.1 Å². The molecule has 0 fully saturated rings. The van der Waals surface area contributed by atoms with E-state index in [4.69, 9.17) is 4.42 Å². The maximum Gasteiger partial charge on any atom is 0.261 e. The van der Waals surface area contributed by atoms with Crippen molar-refractivity contribution in [2.24, 2.45) is 5.10 Å². The van der Waals surface area contributed by atoms with Crippen LogP contribution in [0, 0.1) is 0 Å². The zero-order valence-corrected chi connectivity index (χ0v) is 14.9. The summed E-state index contributed by atoms with van der Waals surface area (Å²) >= 11 is 3.52. The fourth-order valence-electron chi connectivity index (χ4n) is 2.73. The third kappa shape index (κ3) is 2.87. The van der Waals surface area contributed by atoms with Gasteiger partial charge >= 0.3 is 0 Å². The van der Waals surface area contributed by atoms with E-state index in [1.807, 2.05) is 11.8 Å². The van der Waals surface area contributed by atoms with Crippen molar-refractivity contribution in [1.29, 1.82) is 0 Å². The van der Waals surface area contributed by atoms with Crippen LogP contribution in [-0.2, 0) is 12.2 Å². The summed E-state index contributed by atoms with van der Waals surface area (Å²) in [6.07, 6.45) is 3.99. The molecule has 1 aliphatic rings. The predicted octanol–water partition coefficient (Wildman–Crippen LogP) is 3.59. The van der Waals surface area contributed by atoms with E-state index in [2.05, 4.69) is 34.3 Å². The quantitative estimate of drug-likeness (QED) is 0.551. The van der Waals surface area contributed by atoms with Crippen molar-refractivity contribution in [1.82, 2.24) is 9.97 Å². The molecule has 0 aromatic carbocycles. The lowest BCUT2D eigenvalue weighted by Gasteiger charge is -2.28. The average molecular weight is 360 g/mol. The molecule has 0 amide bonds. The van der Waals surface area contributed by atoms with Gasteiger partial charge in [-0.3, -0.25) is 9.78 Å². The number of rotatable bonds is 3. The summed E-state index contributed by atoms with van der Waals surface area (Å²) in [7, 11) is 0. The summed E-state index contributed by atoms with van der Waals surface area (Å²) < 4.78 is 5.31. The number of nitrogens with zero attached hydrogens (tertiary/aromatic N) is 2. The minimum atomic E-state index is -0.115. The first kappa shape index (κ1) is 15.5. The second kappa shape index (κ2) is 5.78. The van der Waals surface area contributed by atoms with Crippen LogP contribution in [0.2, 0.25) is 0 Å². The highest BCUT2D eigenvalue weighted by molar-refractivity contribution is 8.00. The minimum Gasteiger partial charge on any atom is -0.463 e. The Morgan fingerprint density at radius 1 is 1.50 bits per heavy atom. The fourth-order valence-corrected chi connectivity index (χ4v) is 5.07. The largest absolute Gasteiger partial charge is 0.463 e. The normalized spacial score (nSPS) is 16.6. The summed E-state index contributed by atoms with van der Waals surface area (Å²) in [4.78, 5) is 21.8. The van der Waals surface area contributed by atoms with E-state index in [-0.39, 0.29) is 10.3 Å². The van der Waals surface area contributed by atoms with Crippen molar-refractivity contribution in [2.75, 3.05) is 5.43 Å². The molecule has 8 heteroatoms. The molecule has 3 aromatic rings. The molecule has 0 atom stereocenters. The van der Waals surface area contributed by atoms with Gasteiger partial charge in [-0.1, -0.05) is 13.8 Å². The highest BCUT2D eigenvalue weighted by Gasteiger charge is 2.30. The number of fused-ring (bicyclic) bond motifs is 3. The summed E-state index contributed by atoms with van der Waals surface area (Å²) in [6, 6.07) is 3.57. The molecule has 0 saturated heterocycles. The van der Waals surface area contributed by atoms with Gasteiger partial charge in [0.2, 0.25) is 5.95 Å². The van der Waals surface area contributed by atoms with Gasteiger partial charge in [-0.2, -0.15) is 5.10 Å². The molecule has 0 saturated carbocycles. The zero-order chi connectivity index (χ0) is 16.7.